The first-order valence-electron chi connectivity index (χ1n) is 10.1. The predicted molar refractivity (Wildman–Crippen MR) is 141 cm³/mol. The van der Waals surface area contributed by atoms with Crippen LogP contribution in [0.5, 0.6) is 0 Å². The monoisotopic (exact) mass is 552 g/mol. The third-order valence-electron chi connectivity index (χ3n) is 4.58. The summed E-state index contributed by atoms with van der Waals surface area (Å²) in [5.41, 5.74) is 4.51. The highest BCUT2D eigenvalue weighted by molar-refractivity contribution is 6.35. The summed E-state index contributed by atoms with van der Waals surface area (Å²) < 4.78 is 0. The van der Waals surface area contributed by atoms with Gasteiger partial charge in [-0.2, -0.15) is 0 Å². The van der Waals surface area contributed by atoms with Gasteiger partial charge < -0.3 is 5.32 Å². The molecule has 0 aliphatic rings. The number of rotatable bonds is 6. The van der Waals surface area contributed by atoms with E-state index in [1.165, 1.54) is 0 Å². The fourth-order valence-corrected chi connectivity index (χ4v) is 3.77. The van der Waals surface area contributed by atoms with E-state index in [-0.39, 0.29) is 13.2 Å². The van der Waals surface area contributed by atoms with Crippen LogP contribution in [0.2, 0.25) is 20.1 Å². The Bertz CT molecular complexity index is 1300. The SMILES string of the molecule is NOCc1cc(Cl)ccc1Cl.O=C(NOCc1ccc(Cl)cc1Cl)Nc1cccc2cnccc12. The zero-order chi connectivity index (χ0) is 25.2. The molecule has 0 aliphatic carbocycles. The van der Waals surface area contributed by atoms with Crippen molar-refractivity contribution in [2.45, 2.75) is 13.2 Å². The Morgan fingerprint density at radius 3 is 2.43 bits per heavy atom. The number of hydroxylamine groups is 1. The van der Waals surface area contributed by atoms with Crippen LogP contribution >= 0.6 is 46.4 Å². The average molecular weight is 554 g/mol. The van der Waals surface area contributed by atoms with Gasteiger partial charge in [0.2, 0.25) is 0 Å². The Morgan fingerprint density at radius 2 is 1.66 bits per heavy atom. The summed E-state index contributed by atoms with van der Waals surface area (Å²) in [5.74, 6) is 4.88. The summed E-state index contributed by atoms with van der Waals surface area (Å²) >= 11 is 23.3. The lowest BCUT2D eigenvalue weighted by atomic mass is 10.1. The zero-order valence-corrected chi connectivity index (χ0v) is 21.1. The van der Waals surface area contributed by atoms with E-state index in [4.69, 9.17) is 57.1 Å². The lowest BCUT2D eigenvalue weighted by Crippen LogP contribution is -2.28. The van der Waals surface area contributed by atoms with Crippen molar-refractivity contribution in [2.75, 3.05) is 5.32 Å². The zero-order valence-electron chi connectivity index (χ0n) is 18.1. The van der Waals surface area contributed by atoms with Gasteiger partial charge in [0.25, 0.3) is 0 Å². The number of nitrogens with two attached hydrogens (primary N) is 1. The largest absolute Gasteiger partial charge is 0.343 e. The van der Waals surface area contributed by atoms with E-state index in [0.717, 1.165) is 21.9 Å². The second-order valence-corrected chi connectivity index (χ2v) is 8.72. The second kappa shape index (κ2) is 13.5. The van der Waals surface area contributed by atoms with Gasteiger partial charge in [-0.15, -0.1) is 0 Å². The minimum atomic E-state index is -0.482. The number of pyridine rings is 1. The van der Waals surface area contributed by atoms with Gasteiger partial charge in [0.1, 0.15) is 6.61 Å². The minimum absolute atomic E-state index is 0.128. The summed E-state index contributed by atoms with van der Waals surface area (Å²) in [7, 11) is 0. The van der Waals surface area contributed by atoms with Crippen LogP contribution in [-0.4, -0.2) is 11.0 Å². The van der Waals surface area contributed by atoms with Crippen molar-refractivity contribution < 1.29 is 14.5 Å². The van der Waals surface area contributed by atoms with Crippen molar-refractivity contribution in [1.29, 1.82) is 0 Å². The molecule has 0 bridgehead atoms. The molecule has 2 amide bonds. The molecular weight excluding hydrogens is 534 g/mol. The molecule has 0 atom stereocenters. The van der Waals surface area contributed by atoms with Crippen molar-refractivity contribution in [3.63, 3.8) is 0 Å². The van der Waals surface area contributed by atoms with Crippen LogP contribution in [0.4, 0.5) is 10.5 Å². The molecule has 4 aromatic rings. The fraction of sp³-hybridized carbons (Fsp3) is 0.0833. The molecule has 35 heavy (non-hydrogen) atoms. The lowest BCUT2D eigenvalue weighted by Gasteiger charge is -2.10. The van der Waals surface area contributed by atoms with Crippen LogP contribution in [0.3, 0.4) is 0 Å². The summed E-state index contributed by atoms with van der Waals surface area (Å²) in [4.78, 5) is 25.6. The smallest absolute Gasteiger partial charge is 0.306 e. The molecule has 0 spiro atoms. The molecule has 4 rings (SSSR count). The standard InChI is InChI=1S/C17H13Cl2N3O2.C7H7Cl2NO/c18-13-5-4-12(15(19)8-13)10-24-22-17(23)21-16-3-1-2-11-9-20-7-6-14(11)16;8-6-1-2-7(9)5(3-6)4-11-10/h1-9H,10H2,(H2,21,22,23);1-3H,4,10H2. The number of hydrogen-bond acceptors (Lipinski definition) is 5. The van der Waals surface area contributed by atoms with Crippen molar-refractivity contribution in [1.82, 2.24) is 10.5 Å². The summed E-state index contributed by atoms with van der Waals surface area (Å²) in [5, 5.41) is 6.82. The van der Waals surface area contributed by atoms with Gasteiger partial charge in [0.15, 0.2) is 0 Å². The highest BCUT2D eigenvalue weighted by Gasteiger charge is 2.07. The van der Waals surface area contributed by atoms with Crippen LogP contribution in [-0.2, 0) is 22.9 Å². The van der Waals surface area contributed by atoms with Crippen LogP contribution in [0, 0.1) is 0 Å². The van der Waals surface area contributed by atoms with Crippen molar-refractivity contribution in [3.8, 4) is 0 Å². The van der Waals surface area contributed by atoms with E-state index in [0.29, 0.717) is 25.8 Å². The predicted octanol–water partition coefficient (Wildman–Crippen LogP) is 7.18. The van der Waals surface area contributed by atoms with Crippen molar-refractivity contribution in [2.24, 2.45) is 5.90 Å². The van der Waals surface area contributed by atoms with Crippen LogP contribution in [0.15, 0.2) is 73.1 Å². The maximum absolute atomic E-state index is 12.0. The first-order valence-corrected chi connectivity index (χ1v) is 11.6. The molecule has 11 heteroatoms. The number of carbonyl (C=O) groups is 1. The van der Waals surface area contributed by atoms with Gasteiger partial charge in [-0.25, -0.2) is 16.2 Å². The van der Waals surface area contributed by atoms with Crippen LogP contribution < -0.4 is 16.7 Å². The summed E-state index contributed by atoms with van der Waals surface area (Å²) in [6, 6.07) is 17.1. The number of amides is 2. The molecule has 0 saturated carbocycles. The third-order valence-corrected chi connectivity index (χ3v) is 5.77. The van der Waals surface area contributed by atoms with Crippen molar-refractivity contribution in [3.05, 3.63) is 104 Å². The van der Waals surface area contributed by atoms with E-state index in [1.807, 2.05) is 18.2 Å². The molecule has 1 heterocycles. The molecule has 3 aromatic carbocycles. The maximum atomic E-state index is 12.0. The number of anilines is 1. The number of fused-ring (bicyclic) bond motifs is 1. The van der Waals surface area contributed by atoms with E-state index >= 15 is 0 Å². The van der Waals surface area contributed by atoms with E-state index < -0.39 is 6.03 Å². The normalized spacial score (nSPS) is 10.4. The lowest BCUT2D eigenvalue weighted by molar-refractivity contribution is 0.0536. The maximum Gasteiger partial charge on any atom is 0.343 e. The minimum Gasteiger partial charge on any atom is -0.306 e. The number of urea groups is 1. The van der Waals surface area contributed by atoms with E-state index in [9.17, 15) is 4.79 Å². The number of nitrogens with zero attached hydrogens (tertiary/aromatic N) is 1. The van der Waals surface area contributed by atoms with Crippen LogP contribution in [0.1, 0.15) is 11.1 Å². The Kier molecular flexibility index (Phi) is 10.4. The van der Waals surface area contributed by atoms with Crippen molar-refractivity contribution >= 4 is 68.9 Å². The Hall–Kier alpha value is -2.62. The van der Waals surface area contributed by atoms with Gasteiger partial charge in [0, 0.05) is 43.3 Å². The highest BCUT2D eigenvalue weighted by atomic mass is 35.5. The molecule has 0 fully saturated rings. The van der Waals surface area contributed by atoms with Gasteiger partial charge in [-0.05, 0) is 53.6 Å². The van der Waals surface area contributed by atoms with E-state index in [2.05, 4.69) is 20.6 Å². The Labute approximate surface area is 221 Å². The second-order valence-electron chi connectivity index (χ2n) is 7.03. The molecule has 0 saturated heterocycles. The van der Waals surface area contributed by atoms with Gasteiger partial charge in [0.05, 0.1) is 12.3 Å². The number of halogens is 4. The van der Waals surface area contributed by atoms with E-state index in [1.54, 1.807) is 54.9 Å². The number of carbonyl (C=O) groups excluding carboxylic acids is 1. The molecule has 0 aliphatic heterocycles. The molecule has 0 radical (unpaired) electrons. The fourth-order valence-electron chi connectivity index (χ4n) is 2.94. The quantitative estimate of drug-likeness (QED) is 0.220. The molecule has 182 valence electrons. The van der Waals surface area contributed by atoms with Gasteiger partial charge in [-0.3, -0.25) is 14.7 Å². The summed E-state index contributed by atoms with van der Waals surface area (Å²) in [6.07, 6.45) is 3.40. The summed E-state index contributed by atoms with van der Waals surface area (Å²) in [6.45, 7) is 0.405. The molecule has 1 aromatic heterocycles. The highest BCUT2D eigenvalue weighted by Crippen LogP contribution is 2.23. The van der Waals surface area contributed by atoms with Crippen LogP contribution in [0.25, 0.3) is 10.8 Å². The first-order chi connectivity index (χ1) is 16.9. The topological polar surface area (TPSA) is 98.5 Å². The van der Waals surface area contributed by atoms with Gasteiger partial charge >= 0.3 is 6.03 Å². The third kappa shape index (κ3) is 8.23. The van der Waals surface area contributed by atoms with Gasteiger partial charge in [-0.1, -0.05) is 64.6 Å². The number of aromatic nitrogens is 1. The average Bonchev–Trinajstić information content (AvgIpc) is 2.84. The molecule has 7 nitrogen and oxygen atoms in total. The molecule has 4 N–H and O–H groups in total. The number of hydrogen-bond donors (Lipinski definition) is 3. The molecular formula is C24H20Cl4N4O3. The Morgan fingerprint density at radius 1 is 0.886 bits per heavy atom. The number of benzene rings is 3. The molecule has 0 unspecified atom stereocenters. The number of nitrogens with one attached hydrogen (secondary N) is 2. The Balaban J connectivity index is 0.000000261. The first kappa shape index (κ1) is 27.0.